The van der Waals surface area contributed by atoms with Gasteiger partial charge < -0.3 is 15.5 Å². The number of nitrogens with one attached hydrogen (secondary N) is 2. The van der Waals surface area contributed by atoms with Gasteiger partial charge in [-0.1, -0.05) is 18.5 Å². The molecule has 5 nitrogen and oxygen atoms in total. The summed E-state index contributed by atoms with van der Waals surface area (Å²) in [6.45, 7) is 4.87. The zero-order valence-electron chi connectivity index (χ0n) is 12.7. The van der Waals surface area contributed by atoms with Gasteiger partial charge in [-0.25, -0.2) is 4.98 Å². The third kappa shape index (κ3) is 4.58. The van der Waals surface area contributed by atoms with Crippen molar-refractivity contribution < 1.29 is 4.79 Å². The molecule has 1 aromatic heterocycles. The van der Waals surface area contributed by atoms with Crippen LogP contribution < -0.4 is 10.6 Å². The summed E-state index contributed by atoms with van der Waals surface area (Å²) in [4.78, 5) is 18.7. The Hall–Kier alpha value is -1.33. The van der Waals surface area contributed by atoms with E-state index in [0.717, 1.165) is 38.9 Å². The normalized spacial score (nSPS) is 19.3. The molecule has 0 radical (unpaired) electrons. The van der Waals surface area contributed by atoms with Gasteiger partial charge in [-0.05, 0) is 38.9 Å². The van der Waals surface area contributed by atoms with Gasteiger partial charge in [0.05, 0.1) is 10.6 Å². The van der Waals surface area contributed by atoms with Crippen molar-refractivity contribution in [3.63, 3.8) is 0 Å². The smallest absolute Gasteiger partial charge is 0.253 e. The van der Waals surface area contributed by atoms with Gasteiger partial charge in [0.15, 0.2) is 0 Å². The number of likely N-dealkylation sites (tertiary alicyclic amines) is 1. The number of pyridine rings is 1. The first-order valence-electron chi connectivity index (χ1n) is 7.49. The average molecular weight is 311 g/mol. The number of anilines is 1. The first-order valence-corrected chi connectivity index (χ1v) is 7.86. The van der Waals surface area contributed by atoms with Crippen LogP contribution >= 0.6 is 11.6 Å². The SMILES string of the molecule is CCCNc1ncc(C(=O)NC2CCCN(C)C2)cc1Cl. The lowest BCUT2D eigenvalue weighted by Crippen LogP contribution is -2.46. The predicted molar refractivity (Wildman–Crippen MR) is 86.0 cm³/mol. The van der Waals surface area contributed by atoms with Crippen molar-refractivity contribution in [3.8, 4) is 0 Å². The van der Waals surface area contributed by atoms with Crippen molar-refractivity contribution in [2.45, 2.75) is 32.2 Å². The molecule has 1 amide bonds. The molecule has 1 unspecified atom stereocenters. The Morgan fingerprint density at radius 2 is 2.38 bits per heavy atom. The number of hydrogen-bond acceptors (Lipinski definition) is 4. The van der Waals surface area contributed by atoms with E-state index in [2.05, 4.69) is 34.5 Å². The molecule has 1 aromatic rings. The second kappa shape index (κ2) is 7.61. The Balaban J connectivity index is 1.97. The Morgan fingerprint density at radius 1 is 1.57 bits per heavy atom. The van der Waals surface area contributed by atoms with Crippen LogP contribution in [0.2, 0.25) is 5.02 Å². The standard InChI is InChI=1S/C15H23ClN4O/c1-3-6-17-14-13(16)8-11(9-18-14)15(21)19-12-5-4-7-20(2)10-12/h8-9,12H,3-7,10H2,1-2H3,(H,17,18)(H,19,21). The average Bonchev–Trinajstić information content (AvgIpc) is 2.46. The van der Waals surface area contributed by atoms with E-state index in [0.29, 0.717) is 16.4 Å². The number of hydrogen-bond donors (Lipinski definition) is 2. The van der Waals surface area contributed by atoms with Crippen LogP contribution in [0.25, 0.3) is 0 Å². The Labute approximate surface area is 131 Å². The maximum Gasteiger partial charge on any atom is 0.253 e. The number of carbonyl (C=O) groups excluding carboxylic acids is 1. The molecule has 0 aromatic carbocycles. The summed E-state index contributed by atoms with van der Waals surface area (Å²) in [5, 5.41) is 6.67. The number of carbonyl (C=O) groups is 1. The van der Waals surface area contributed by atoms with Crippen LogP contribution in [0.1, 0.15) is 36.5 Å². The summed E-state index contributed by atoms with van der Waals surface area (Å²) in [6.07, 6.45) is 4.70. The fraction of sp³-hybridized carbons (Fsp3) is 0.600. The zero-order valence-corrected chi connectivity index (χ0v) is 13.4. The molecular formula is C15H23ClN4O. The lowest BCUT2D eigenvalue weighted by molar-refractivity contribution is 0.0912. The molecule has 0 saturated carbocycles. The molecule has 6 heteroatoms. The van der Waals surface area contributed by atoms with Gasteiger partial charge >= 0.3 is 0 Å². The highest BCUT2D eigenvalue weighted by Gasteiger charge is 2.20. The van der Waals surface area contributed by atoms with E-state index < -0.39 is 0 Å². The summed E-state index contributed by atoms with van der Waals surface area (Å²) in [7, 11) is 2.07. The van der Waals surface area contributed by atoms with E-state index >= 15 is 0 Å². The van der Waals surface area contributed by atoms with E-state index in [-0.39, 0.29) is 11.9 Å². The van der Waals surface area contributed by atoms with E-state index in [1.165, 1.54) is 0 Å². The van der Waals surface area contributed by atoms with Crippen LogP contribution in [0.3, 0.4) is 0 Å². The second-order valence-electron chi connectivity index (χ2n) is 5.56. The first-order chi connectivity index (χ1) is 10.1. The molecule has 1 saturated heterocycles. The van der Waals surface area contributed by atoms with Gasteiger partial charge in [0.25, 0.3) is 5.91 Å². The minimum Gasteiger partial charge on any atom is -0.369 e. The summed E-state index contributed by atoms with van der Waals surface area (Å²) < 4.78 is 0. The number of piperidine rings is 1. The molecule has 0 bridgehead atoms. The highest BCUT2D eigenvalue weighted by Crippen LogP contribution is 2.20. The minimum atomic E-state index is -0.105. The molecule has 2 heterocycles. The summed E-state index contributed by atoms with van der Waals surface area (Å²) >= 11 is 6.16. The molecule has 1 aliphatic rings. The fourth-order valence-electron chi connectivity index (χ4n) is 2.49. The van der Waals surface area contributed by atoms with Gasteiger partial charge in [-0.3, -0.25) is 4.79 Å². The van der Waals surface area contributed by atoms with Crippen LogP contribution in [0.5, 0.6) is 0 Å². The topological polar surface area (TPSA) is 57.3 Å². The molecular weight excluding hydrogens is 288 g/mol. The molecule has 0 aliphatic carbocycles. The highest BCUT2D eigenvalue weighted by molar-refractivity contribution is 6.33. The first kappa shape index (κ1) is 16.0. The molecule has 1 fully saturated rings. The van der Waals surface area contributed by atoms with Crippen LogP contribution in [-0.2, 0) is 0 Å². The van der Waals surface area contributed by atoms with Gasteiger partial charge in [-0.15, -0.1) is 0 Å². The van der Waals surface area contributed by atoms with E-state index in [1.54, 1.807) is 12.3 Å². The Bertz CT molecular complexity index is 495. The summed E-state index contributed by atoms with van der Waals surface area (Å²) in [5.74, 6) is 0.527. The summed E-state index contributed by atoms with van der Waals surface area (Å²) in [6, 6.07) is 1.88. The van der Waals surface area contributed by atoms with Crippen molar-refractivity contribution in [1.29, 1.82) is 0 Å². The molecule has 116 valence electrons. The number of halogens is 1. The largest absolute Gasteiger partial charge is 0.369 e. The molecule has 1 aliphatic heterocycles. The molecule has 0 spiro atoms. The highest BCUT2D eigenvalue weighted by atomic mass is 35.5. The zero-order chi connectivity index (χ0) is 15.2. The molecule has 2 rings (SSSR count). The van der Waals surface area contributed by atoms with E-state index in [4.69, 9.17) is 11.6 Å². The second-order valence-corrected chi connectivity index (χ2v) is 5.96. The van der Waals surface area contributed by atoms with Crippen molar-refractivity contribution >= 4 is 23.3 Å². The third-order valence-corrected chi connectivity index (χ3v) is 3.89. The van der Waals surface area contributed by atoms with E-state index in [1.807, 2.05) is 0 Å². The van der Waals surface area contributed by atoms with Crippen molar-refractivity contribution in [2.75, 3.05) is 32.0 Å². The number of amides is 1. The van der Waals surface area contributed by atoms with Crippen molar-refractivity contribution in [2.24, 2.45) is 0 Å². The maximum atomic E-state index is 12.2. The minimum absolute atomic E-state index is 0.105. The van der Waals surface area contributed by atoms with Crippen LogP contribution in [0.15, 0.2) is 12.3 Å². The van der Waals surface area contributed by atoms with Gasteiger partial charge in [0.2, 0.25) is 0 Å². The van der Waals surface area contributed by atoms with Crippen LogP contribution in [-0.4, -0.2) is 48.5 Å². The molecule has 21 heavy (non-hydrogen) atoms. The number of rotatable bonds is 5. The third-order valence-electron chi connectivity index (χ3n) is 3.61. The fourth-order valence-corrected chi connectivity index (χ4v) is 2.72. The lowest BCUT2D eigenvalue weighted by atomic mass is 10.1. The van der Waals surface area contributed by atoms with Crippen molar-refractivity contribution in [3.05, 3.63) is 22.8 Å². The molecule has 1 atom stereocenters. The van der Waals surface area contributed by atoms with Crippen molar-refractivity contribution in [1.82, 2.24) is 15.2 Å². The van der Waals surface area contributed by atoms with Gasteiger partial charge in [-0.2, -0.15) is 0 Å². The quantitative estimate of drug-likeness (QED) is 0.877. The number of nitrogens with zero attached hydrogens (tertiary/aromatic N) is 2. The maximum absolute atomic E-state index is 12.2. The Kier molecular flexibility index (Phi) is 5.82. The molecule has 2 N–H and O–H groups in total. The Morgan fingerprint density at radius 3 is 3.05 bits per heavy atom. The summed E-state index contributed by atoms with van der Waals surface area (Å²) in [5.41, 5.74) is 0.510. The van der Waals surface area contributed by atoms with Gasteiger partial charge in [0, 0.05) is 25.3 Å². The van der Waals surface area contributed by atoms with Gasteiger partial charge in [0.1, 0.15) is 5.82 Å². The predicted octanol–water partition coefficient (Wildman–Crippen LogP) is 2.38. The lowest BCUT2D eigenvalue weighted by Gasteiger charge is -2.30. The number of likely N-dealkylation sites (N-methyl/N-ethyl adjacent to an activating group) is 1. The van der Waals surface area contributed by atoms with Crippen LogP contribution in [0.4, 0.5) is 5.82 Å². The monoisotopic (exact) mass is 310 g/mol. The van der Waals surface area contributed by atoms with E-state index in [9.17, 15) is 4.79 Å². The number of aromatic nitrogens is 1. The van der Waals surface area contributed by atoms with Crippen LogP contribution in [0, 0.1) is 0 Å².